The molecular formula is C18H35Cl2N5O. The van der Waals surface area contributed by atoms with Gasteiger partial charge in [-0.05, 0) is 64.9 Å². The molecule has 2 N–H and O–H groups in total. The Morgan fingerprint density at radius 3 is 2.77 bits per heavy atom. The first kappa shape index (κ1) is 25.2. The van der Waals surface area contributed by atoms with E-state index in [2.05, 4.69) is 41.4 Å². The zero-order valence-corrected chi connectivity index (χ0v) is 17.9. The van der Waals surface area contributed by atoms with Gasteiger partial charge in [-0.2, -0.15) is 5.10 Å². The predicted octanol–water partition coefficient (Wildman–Crippen LogP) is 2.89. The fourth-order valence-electron chi connectivity index (χ4n) is 3.25. The first-order valence-electron chi connectivity index (χ1n) is 9.43. The monoisotopic (exact) mass is 407 g/mol. The molecule has 1 aromatic rings. The summed E-state index contributed by atoms with van der Waals surface area (Å²) in [5, 5.41) is 10.9. The number of hydrogen-bond acceptors (Lipinski definition) is 4. The van der Waals surface area contributed by atoms with Gasteiger partial charge in [0.05, 0.1) is 6.04 Å². The SMILES string of the molecule is CCN(CC)CCCC(C)NC(=O)c1ccn(C2CCCNC2)n1.Cl.Cl. The molecule has 2 rings (SSSR count). The van der Waals surface area contributed by atoms with Gasteiger partial charge in [0.15, 0.2) is 0 Å². The molecule has 8 heteroatoms. The molecule has 1 aromatic heterocycles. The lowest BCUT2D eigenvalue weighted by Crippen LogP contribution is -2.34. The summed E-state index contributed by atoms with van der Waals surface area (Å²) in [6, 6.07) is 2.37. The number of piperidine rings is 1. The topological polar surface area (TPSA) is 62.2 Å². The number of carbonyl (C=O) groups is 1. The summed E-state index contributed by atoms with van der Waals surface area (Å²) < 4.78 is 1.94. The van der Waals surface area contributed by atoms with E-state index >= 15 is 0 Å². The Morgan fingerprint density at radius 1 is 1.42 bits per heavy atom. The van der Waals surface area contributed by atoms with Crippen LogP contribution in [0.1, 0.15) is 63.0 Å². The first-order chi connectivity index (χ1) is 11.6. The standard InChI is InChI=1S/C18H33N5O.2ClH/c1-4-22(5-2)12-7-8-15(3)20-18(24)17-10-13-23(21-17)16-9-6-11-19-14-16;;/h10,13,15-16,19H,4-9,11-12,14H2,1-3H3,(H,20,24);2*1H. The van der Waals surface area contributed by atoms with Crippen LogP contribution in [0.3, 0.4) is 0 Å². The van der Waals surface area contributed by atoms with Crippen molar-refractivity contribution in [1.29, 1.82) is 0 Å². The number of hydrogen-bond donors (Lipinski definition) is 2. The summed E-state index contributed by atoms with van der Waals surface area (Å²) in [5.41, 5.74) is 0.524. The molecule has 1 aliphatic heterocycles. The Morgan fingerprint density at radius 2 is 2.15 bits per heavy atom. The molecule has 0 radical (unpaired) electrons. The molecule has 2 unspecified atom stereocenters. The van der Waals surface area contributed by atoms with Crippen molar-refractivity contribution in [3.63, 3.8) is 0 Å². The Balaban J connectivity index is 0.00000312. The number of aromatic nitrogens is 2. The summed E-state index contributed by atoms with van der Waals surface area (Å²) in [4.78, 5) is 14.8. The molecule has 0 aliphatic carbocycles. The van der Waals surface area contributed by atoms with Crippen molar-refractivity contribution in [2.75, 3.05) is 32.7 Å². The zero-order valence-electron chi connectivity index (χ0n) is 16.2. The highest BCUT2D eigenvalue weighted by molar-refractivity contribution is 5.92. The Labute approximate surface area is 170 Å². The summed E-state index contributed by atoms with van der Waals surface area (Å²) in [7, 11) is 0. The number of nitrogens with zero attached hydrogens (tertiary/aromatic N) is 3. The van der Waals surface area contributed by atoms with Crippen LogP contribution in [0.25, 0.3) is 0 Å². The van der Waals surface area contributed by atoms with Gasteiger partial charge in [-0.1, -0.05) is 13.8 Å². The number of carbonyl (C=O) groups excluding carboxylic acids is 1. The number of amides is 1. The summed E-state index contributed by atoms with van der Waals surface area (Å²) in [5.74, 6) is -0.0622. The highest BCUT2D eigenvalue weighted by Gasteiger charge is 2.18. The molecule has 0 spiro atoms. The van der Waals surface area contributed by atoms with E-state index in [-0.39, 0.29) is 36.8 Å². The predicted molar refractivity (Wildman–Crippen MR) is 112 cm³/mol. The van der Waals surface area contributed by atoms with Gasteiger partial charge in [0.25, 0.3) is 5.91 Å². The van der Waals surface area contributed by atoms with Crippen molar-refractivity contribution in [1.82, 2.24) is 25.3 Å². The molecule has 6 nitrogen and oxygen atoms in total. The van der Waals surface area contributed by atoms with Crippen molar-refractivity contribution in [3.05, 3.63) is 18.0 Å². The largest absolute Gasteiger partial charge is 0.348 e. The van der Waals surface area contributed by atoms with Gasteiger partial charge < -0.3 is 15.5 Å². The van der Waals surface area contributed by atoms with E-state index in [9.17, 15) is 4.79 Å². The van der Waals surface area contributed by atoms with Crippen LogP contribution in [0.2, 0.25) is 0 Å². The third-order valence-corrected chi connectivity index (χ3v) is 4.87. The number of nitrogens with one attached hydrogen (secondary N) is 2. The van der Waals surface area contributed by atoms with E-state index in [0.29, 0.717) is 11.7 Å². The van der Waals surface area contributed by atoms with E-state index in [0.717, 1.165) is 58.4 Å². The fourth-order valence-corrected chi connectivity index (χ4v) is 3.25. The van der Waals surface area contributed by atoms with E-state index in [1.54, 1.807) is 0 Å². The fraction of sp³-hybridized carbons (Fsp3) is 0.778. The Bertz CT molecular complexity index is 502. The Hall–Kier alpha value is -0.820. The highest BCUT2D eigenvalue weighted by Crippen LogP contribution is 2.15. The molecule has 0 bridgehead atoms. The molecule has 1 aliphatic rings. The molecule has 2 heterocycles. The van der Waals surface area contributed by atoms with Gasteiger partial charge in [-0.15, -0.1) is 24.8 Å². The molecule has 0 aromatic carbocycles. The van der Waals surface area contributed by atoms with Gasteiger partial charge in [0, 0.05) is 18.8 Å². The summed E-state index contributed by atoms with van der Waals surface area (Å²) >= 11 is 0. The molecule has 1 saturated heterocycles. The number of rotatable bonds is 9. The van der Waals surface area contributed by atoms with E-state index in [1.807, 2.05) is 16.9 Å². The molecule has 152 valence electrons. The third kappa shape index (κ3) is 7.82. The van der Waals surface area contributed by atoms with Gasteiger partial charge in [0.2, 0.25) is 0 Å². The van der Waals surface area contributed by atoms with Crippen molar-refractivity contribution in [3.8, 4) is 0 Å². The van der Waals surface area contributed by atoms with Crippen molar-refractivity contribution in [2.45, 2.75) is 58.5 Å². The van der Waals surface area contributed by atoms with E-state index < -0.39 is 0 Å². The zero-order chi connectivity index (χ0) is 17.4. The normalized spacial score (nSPS) is 17.9. The van der Waals surface area contributed by atoms with Crippen LogP contribution >= 0.6 is 24.8 Å². The maximum atomic E-state index is 12.3. The third-order valence-electron chi connectivity index (χ3n) is 4.87. The molecule has 2 atom stereocenters. The van der Waals surface area contributed by atoms with Crippen LogP contribution in [0.5, 0.6) is 0 Å². The molecule has 1 amide bonds. The van der Waals surface area contributed by atoms with Crippen LogP contribution in [0, 0.1) is 0 Å². The van der Waals surface area contributed by atoms with Crippen LogP contribution in [-0.4, -0.2) is 59.4 Å². The average Bonchev–Trinajstić information content (AvgIpc) is 3.10. The smallest absolute Gasteiger partial charge is 0.271 e. The van der Waals surface area contributed by atoms with Crippen LogP contribution in [0.4, 0.5) is 0 Å². The maximum absolute atomic E-state index is 12.3. The van der Waals surface area contributed by atoms with Gasteiger partial charge >= 0.3 is 0 Å². The Kier molecular flexibility index (Phi) is 12.9. The maximum Gasteiger partial charge on any atom is 0.271 e. The quantitative estimate of drug-likeness (QED) is 0.660. The second-order valence-corrected chi connectivity index (χ2v) is 6.72. The van der Waals surface area contributed by atoms with Crippen molar-refractivity contribution < 1.29 is 4.79 Å². The van der Waals surface area contributed by atoms with E-state index in [1.165, 1.54) is 0 Å². The van der Waals surface area contributed by atoms with Crippen molar-refractivity contribution in [2.24, 2.45) is 0 Å². The van der Waals surface area contributed by atoms with Crippen LogP contribution in [-0.2, 0) is 0 Å². The minimum Gasteiger partial charge on any atom is -0.348 e. The molecular weight excluding hydrogens is 373 g/mol. The van der Waals surface area contributed by atoms with Gasteiger partial charge in [-0.25, -0.2) is 0 Å². The lowest BCUT2D eigenvalue weighted by atomic mass is 10.1. The molecule has 26 heavy (non-hydrogen) atoms. The number of halogens is 2. The first-order valence-corrected chi connectivity index (χ1v) is 9.43. The van der Waals surface area contributed by atoms with E-state index in [4.69, 9.17) is 0 Å². The average molecular weight is 408 g/mol. The second kappa shape index (κ2) is 13.4. The lowest BCUT2D eigenvalue weighted by molar-refractivity contribution is 0.0931. The molecule has 0 saturated carbocycles. The minimum absolute atomic E-state index is 0. The lowest BCUT2D eigenvalue weighted by Gasteiger charge is -2.23. The van der Waals surface area contributed by atoms with Crippen LogP contribution < -0.4 is 10.6 Å². The van der Waals surface area contributed by atoms with Gasteiger partial charge in [-0.3, -0.25) is 9.48 Å². The van der Waals surface area contributed by atoms with Gasteiger partial charge in [0.1, 0.15) is 5.69 Å². The second-order valence-electron chi connectivity index (χ2n) is 6.72. The summed E-state index contributed by atoms with van der Waals surface area (Å²) in [6.07, 6.45) is 6.31. The minimum atomic E-state index is -0.0622. The van der Waals surface area contributed by atoms with Crippen molar-refractivity contribution >= 4 is 30.7 Å². The summed E-state index contributed by atoms with van der Waals surface area (Å²) in [6.45, 7) is 11.7. The van der Waals surface area contributed by atoms with Crippen LogP contribution in [0.15, 0.2) is 12.3 Å². The highest BCUT2D eigenvalue weighted by atomic mass is 35.5. The molecule has 1 fully saturated rings.